The lowest BCUT2D eigenvalue weighted by Crippen LogP contribution is -2.50. The van der Waals surface area contributed by atoms with Crippen molar-refractivity contribution in [1.82, 2.24) is 16.2 Å². The summed E-state index contributed by atoms with van der Waals surface area (Å²) in [5, 5.41) is 5.24. The number of carbonyl (C=O) groups is 4. The van der Waals surface area contributed by atoms with Gasteiger partial charge in [-0.3, -0.25) is 19.2 Å². The summed E-state index contributed by atoms with van der Waals surface area (Å²) in [6, 6.07) is 4.40. The van der Waals surface area contributed by atoms with Crippen molar-refractivity contribution in [3.63, 3.8) is 0 Å². The molecule has 0 aliphatic rings. The highest BCUT2D eigenvalue weighted by Crippen LogP contribution is 2.08. The fourth-order valence-electron chi connectivity index (χ4n) is 2.86. The Labute approximate surface area is 176 Å². The average Bonchev–Trinajstić information content (AvgIpc) is 2.70. The van der Waals surface area contributed by atoms with Crippen LogP contribution in [0.15, 0.2) is 24.3 Å². The van der Waals surface area contributed by atoms with Gasteiger partial charge in [0.05, 0.1) is 0 Å². The van der Waals surface area contributed by atoms with Crippen molar-refractivity contribution in [2.24, 2.45) is 11.7 Å². The summed E-state index contributed by atoms with van der Waals surface area (Å²) in [6.07, 6.45) is 1.65. The molecular formula is C21H31FN4O4. The SMILES string of the molecule is CC(=O)c1ccc(C(=O)NCCCC[C@H](NC(=O)[C@H](CC(C)C)NF)C(N)=O)cc1. The third-order valence-corrected chi connectivity index (χ3v) is 4.57. The standard InChI is InChI=1S/C21H31FN4O4/c1-13(2)12-18(26-22)21(30)25-17(19(23)28)6-4-5-11-24-20(29)16-9-7-15(8-10-16)14(3)27/h7-10,13,17-18,26H,4-6,11-12H2,1-3H3,(H2,23,28)(H,24,29)(H,25,30)/t17-,18-/m0/s1. The van der Waals surface area contributed by atoms with E-state index in [1.807, 2.05) is 13.8 Å². The minimum Gasteiger partial charge on any atom is -0.368 e. The smallest absolute Gasteiger partial charge is 0.251 e. The van der Waals surface area contributed by atoms with Gasteiger partial charge in [0.1, 0.15) is 12.1 Å². The zero-order valence-corrected chi connectivity index (χ0v) is 17.7. The number of unbranched alkanes of at least 4 members (excludes halogenated alkanes) is 1. The number of nitrogens with one attached hydrogen (secondary N) is 3. The van der Waals surface area contributed by atoms with E-state index in [4.69, 9.17) is 5.73 Å². The molecule has 0 saturated heterocycles. The molecule has 0 aliphatic carbocycles. The van der Waals surface area contributed by atoms with E-state index in [1.165, 1.54) is 12.5 Å². The normalized spacial score (nSPS) is 12.8. The Morgan fingerprint density at radius 3 is 2.10 bits per heavy atom. The lowest BCUT2D eigenvalue weighted by Gasteiger charge is -2.20. The molecule has 0 unspecified atom stereocenters. The third kappa shape index (κ3) is 8.69. The first-order valence-corrected chi connectivity index (χ1v) is 10.0. The average molecular weight is 423 g/mol. The number of rotatable bonds is 13. The van der Waals surface area contributed by atoms with Gasteiger partial charge >= 0.3 is 0 Å². The molecule has 1 aromatic rings. The van der Waals surface area contributed by atoms with Gasteiger partial charge in [-0.1, -0.05) is 26.0 Å². The first kappa shape index (κ1) is 25.2. The van der Waals surface area contributed by atoms with E-state index >= 15 is 0 Å². The van der Waals surface area contributed by atoms with Gasteiger partial charge in [0.25, 0.3) is 5.91 Å². The molecule has 0 spiro atoms. The van der Waals surface area contributed by atoms with E-state index in [0.717, 1.165) is 0 Å². The van der Waals surface area contributed by atoms with Crippen molar-refractivity contribution < 1.29 is 23.7 Å². The molecule has 0 aromatic heterocycles. The second-order valence-corrected chi connectivity index (χ2v) is 7.64. The van der Waals surface area contributed by atoms with Crippen LogP contribution >= 0.6 is 0 Å². The Morgan fingerprint density at radius 1 is 1.00 bits per heavy atom. The lowest BCUT2D eigenvalue weighted by molar-refractivity contribution is -0.130. The molecule has 166 valence electrons. The Bertz CT molecular complexity index is 737. The predicted molar refractivity (Wildman–Crippen MR) is 111 cm³/mol. The fraction of sp³-hybridized carbons (Fsp3) is 0.524. The van der Waals surface area contributed by atoms with Crippen LogP contribution in [0.5, 0.6) is 0 Å². The van der Waals surface area contributed by atoms with Gasteiger partial charge in [0, 0.05) is 17.7 Å². The van der Waals surface area contributed by atoms with Gasteiger partial charge in [-0.2, -0.15) is 0 Å². The number of halogens is 1. The van der Waals surface area contributed by atoms with E-state index in [-0.39, 0.29) is 30.4 Å². The van der Waals surface area contributed by atoms with Crippen molar-refractivity contribution in [2.45, 2.75) is 58.5 Å². The first-order chi connectivity index (χ1) is 14.1. The summed E-state index contributed by atoms with van der Waals surface area (Å²) in [5.74, 6) is -1.55. The van der Waals surface area contributed by atoms with Crippen LogP contribution < -0.4 is 21.9 Å². The molecule has 9 heteroatoms. The van der Waals surface area contributed by atoms with E-state index in [2.05, 4.69) is 10.6 Å². The van der Waals surface area contributed by atoms with Crippen LogP contribution in [-0.2, 0) is 9.59 Å². The monoisotopic (exact) mass is 422 g/mol. The van der Waals surface area contributed by atoms with Crippen LogP contribution in [0.25, 0.3) is 0 Å². The number of nitrogens with two attached hydrogens (primary N) is 1. The van der Waals surface area contributed by atoms with Crippen LogP contribution in [0.3, 0.4) is 0 Å². The van der Waals surface area contributed by atoms with Crippen LogP contribution in [0, 0.1) is 5.92 Å². The lowest BCUT2D eigenvalue weighted by atomic mass is 10.0. The van der Waals surface area contributed by atoms with Crippen LogP contribution in [0.2, 0.25) is 0 Å². The molecular weight excluding hydrogens is 391 g/mol. The van der Waals surface area contributed by atoms with Gasteiger partial charge < -0.3 is 16.4 Å². The summed E-state index contributed by atoms with van der Waals surface area (Å²) in [6.45, 7) is 5.54. The minimum atomic E-state index is -1.04. The molecule has 30 heavy (non-hydrogen) atoms. The fourth-order valence-corrected chi connectivity index (χ4v) is 2.86. The summed E-state index contributed by atoms with van der Waals surface area (Å²) < 4.78 is 12.9. The van der Waals surface area contributed by atoms with E-state index in [9.17, 15) is 23.7 Å². The zero-order valence-electron chi connectivity index (χ0n) is 17.7. The molecule has 1 aromatic carbocycles. The van der Waals surface area contributed by atoms with Gasteiger partial charge in [0.15, 0.2) is 5.78 Å². The molecule has 1 rings (SSSR count). The maximum Gasteiger partial charge on any atom is 0.251 e. The number of amides is 3. The van der Waals surface area contributed by atoms with Crippen molar-refractivity contribution in [2.75, 3.05) is 6.54 Å². The second kappa shape index (κ2) is 12.7. The predicted octanol–water partition coefficient (Wildman–Crippen LogP) is 1.65. The molecule has 5 N–H and O–H groups in total. The molecule has 3 amide bonds. The Morgan fingerprint density at radius 2 is 1.60 bits per heavy atom. The summed E-state index contributed by atoms with van der Waals surface area (Å²) in [4.78, 5) is 47.1. The summed E-state index contributed by atoms with van der Waals surface area (Å²) in [5.41, 5.74) is 7.77. The number of benzene rings is 1. The molecule has 0 fully saturated rings. The van der Waals surface area contributed by atoms with Crippen molar-refractivity contribution in [3.05, 3.63) is 35.4 Å². The maximum absolute atomic E-state index is 12.9. The number of ketones is 1. The Kier molecular flexibility index (Phi) is 10.7. The second-order valence-electron chi connectivity index (χ2n) is 7.64. The summed E-state index contributed by atoms with van der Waals surface area (Å²) in [7, 11) is 0. The van der Waals surface area contributed by atoms with Gasteiger partial charge in [-0.05, 0) is 50.7 Å². The molecule has 8 nitrogen and oxygen atoms in total. The van der Waals surface area contributed by atoms with Gasteiger partial charge in [0.2, 0.25) is 11.8 Å². The van der Waals surface area contributed by atoms with E-state index in [1.54, 1.807) is 24.3 Å². The van der Waals surface area contributed by atoms with Crippen molar-refractivity contribution in [1.29, 1.82) is 0 Å². The van der Waals surface area contributed by atoms with Crippen molar-refractivity contribution in [3.8, 4) is 0 Å². The molecule has 0 bridgehead atoms. The van der Waals surface area contributed by atoms with Crippen LogP contribution in [0.1, 0.15) is 67.2 Å². The Balaban J connectivity index is 2.42. The zero-order chi connectivity index (χ0) is 22.7. The van der Waals surface area contributed by atoms with Gasteiger partial charge in [-0.25, -0.2) is 0 Å². The van der Waals surface area contributed by atoms with E-state index in [0.29, 0.717) is 30.5 Å². The third-order valence-electron chi connectivity index (χ3n) is 4.57. The quantitative estimate of drug-likeness (QED) is 0.218. The number of carbonyl (C=O) groups excluding carboxylic acids is 4. The molecule has 0 radical (unpaired) electrons. The van der Waals surface area contributed by atoms with Gasteiger partial charge in [-0.15, -0.1) is 10.0 Å². The minimum absolute atomic E-state index is 0.0733. The van der Waals surface area contributed by atoms with Crippen LogP contribution in [0.4, 0.5) is 4.48 Å². The highest BCUT2D eigenvalue weighted by Gasteiger charge is 2.24. The Hall–Kier alpha value is -2.81. The largest absolute Gasteiger partial charge is 0.368 e. The maximum atomic E-state index is 12.9. The van der Waals surface area contributed by atoms with E-state index < -0.39 is 23.9 Å². The number of hydrogen-bond donors (Lipinski definition) is 4. The topological polar surface area (TPSA) is 130 Å². The highest BCUT2D eigenvalue weighted by molar-refractivity contribution is 5.97. The molecule has 2 atom stereocenters. The molecule has 0 saturated carbocycles. The molecule has 0 aliphatic heterocycles. The molecule has 0 heterocycles. The van der Waals surface area contributed by atoms with Crippen molar-refractivity contribution >= 4 is 23.5 Å². The number of Topliss-reactive ketones (excluding diaryl/α,β-unsaturated/α-hetero) is 1. The highest BCUT2D eigenvalue weighted by atomic mass is 19.2. The number of hydrogen-bond acceptors (Lipinski definition) is 5. The first-order valence-electron chi connectivity index (χ1n) is 10.0. The number of primary amides is 1. The summed E-state index contributed by atoms with van der Waals surface area (Å²) >= 11 is 0. The van der Waals surface area contributed by atoms with Crippen LogP contribution in [-0.4, -0.2) is 42.1 Å².